The molecule has 1 amide bonds. The van der Waals surface area contributed by atoms with E-state index < -0.39 is 104 Å². The SMILES string of the molecule is C/C=C\CCCCCCCCCO[C@@H]1OC(C(=O)O)[C@H](O[C@@H]2OC(CO)[C@@H](O)C(O)C2O)C(O)C1O.CCCCCCCCCCCC(=O)C1=C(O)[C@H](CC(=O)O)N(C)C1=O. The Kier molecular flexibility index (Phi) is 26.0. The van der Waals surface area contributed by atoms with Gasteiger partial charge in [0.05, 0.1) is 13.0 Å². The van der Waals surface area contributed by atoms with Crippen molar-refractivity contribution in [3.8, 4) is 0 Å². The summed E-state index contributed by atoms with van der Waals surface area (Å²) >= 11 is 0. The van der Waals surface area contributed by atoms with Crippen LogP contribution in [0.25, 0.3) is 0 Å². The van der Waals surface area contributed by atoms with Crippen molar-refractivity contribution in [2.75, 3.05) is 20.3 Å². The number of hydrogen-bond acceptors (Lipinski definition) is 15. The zero-order valence-corrected chi connectivity index (χ0v) is 36.1. The Morgan fingerprint density at radius 2 is 1.30 bits per heavy atom. The van der Waals surface area contributed by atoms with Crippen LogP contribution in [0.5, 0.6) is 0 Å². The highest BCUT2D eigenvalue weighted by Gasteiger charge is 2.53. The van der Waals surface area contributed by atoms with Crippen molar-refractivity contribution in [3.63, 3.8) is 0 Å². The average molecular weight is 876 g/mol. The number of nitrogens with zero attached hydrogens (tertiary/aromatic N) is 1. The molecule has 0 aromatic carbocycles. The fraction of sp³-hybridized carbons (Fsp3) is 0.814. The van der Waals surface area contributed by atoms with Crippen molar-refractivity contribution in [1.29, 1.82) is 0 Å². The van der Waals surface area contributed by atoms with Crippen LogP contribution in [0.1, 0.15) is 136 Å². The van der Waals surface area contributed by atoms with Crippen molar-refractivity contribution in [1.82, 2.24) is 4.90 Å². The number of likely N-dealkylation sites (N-methyl/N-ethyl adjacent to an activating group) is 1. The van der Waals surface area contributed by atoms with Crippen LogP contribution in [0.2, 0.25) is 0 Å². The first-order valence-corrected chi connectivity index (χ1v) is 22.0. The second-order valence-corrected chi connectivity index (χ2v) is 16.0. The summed E-state index contributed by atoms with van der Waals surface area (Å²) in [5.74, 6) is -3.99. The number of rotatable bonds is 28. The van der Waals surface area contributed by atoms with Crippen LogP contribution in [0.4, 0.5) is 0 Å². The number of carbonyl (C=O) groups excluding carboxylic acids is 2. The van der Waals surface area contributed by atoms with Gasteiger partial charge >= 0.3 is 11.9 Å². The molecule has 0 aromatic heterocycles. The predicted molar refractivity (Wildman–Crippen MR) is 220 cm³/mol. The number of carboxylic acids is 2. The molecule has 3 aliphatic heterocycles. The molecule has 0 radical (unpaired) electrons. The van der Waals surface area contributed by atoms with Gasteiger partial charge in [-0.15, -0.1) is 0 Å². The van der Waals surface area contributed by atoms with Crippen LogP contribution in [-0.2, 0) is 38.1 Å². The highest BCUT2D eigenvalue weighted by Crippen LogP contribution is 2.30. The molecule has 2 fully saturated rings. The summed E-state index contributed by atoms with van der Waals surface area (Å²) in [4.78, 5) is 48.1. The van der Waals surface area contributed by atoms with Gasteiger partial charge in [0, 0.05) is 20.1 Å². The number of carboxylic acid groups (broad SMARTS) is 2. The molecule has 352 valence electrons. The number of amides is 1. The molecule has 0 saturated carbocycles. The number of ether oxygens (including phenoxy) is 4. The lowest BCUT2D eigenvalue weighted by atomic mass is 9.97. The Balaban J connectivity index is 0.000000449. The molecule has 3 rings (SSSR count). The van der Waals surface area contributed by atoms with Crippen LogP contribution >= 0.6 is 0 Å². The third kappa shape index (κ3) is 17.6. The maximum absolute atomic E-state index is 12.2. The van der Waals surface area contributed by atoms with Crippen LogP contribution < -0.4 is 0 Å². The Morgan fingerprint density at radius 3 is 1.85 bits per heavy atom. The molecule has 2 saturated heterocycles. The maximum atomic E-state index is 12.2. The molecule has 18 heteroatoms. The lowest BCUT2D eigenvalue weighted by Gasteiger charge is -2.45. The van der Waals surface area contributed by atoms with E-state index in [9.17, 15) is 60.0 Å². The van der Waals surface area contributed by atoms with Crippen molar-refractivity contribution in [3.05, 3.63) is 23.5 Å². The van der Waals surface area contributed by atoms with Crippen LogP contribution in [0.3, 0.4) is 0 Å². The normalized spacial score (nSPS) is 29.2. The summed E-state index contributed by atoms with van der Waals surface area (Å²) in [6.45, 7) is 3.69. The van der Waals surface area contributed by atoms with Crippen molar-refractivity contribution in [2.45, 2.75) is 203 Å². The lowest BCUT2D eigenvalue weighted by molar-refractivity contribution is -0.354. The van der Waals surface area contributed by atoms with Crippen molar-refractivity contribution >= 4 is 23.6 Å². The number of carbonyl (C=O) groups is 4. The largest absolute Gasteiger partial charge is 0.509 e. The summed E-state index contributed by atoms with van der Waals surface area (Å²) in [5.41, 5.74) is -0.228. The van der Waals surface area contributed by atoms with Gasteiger partial charge in [0.15, 0.2) is 24.5 Å². The maximum Gasteiger partial charge on any atom is 0.335 e. The monoisotopic (exact) mass is 875 g/mol. The summed E-state index contributed by atoms with van der Waals surface area (Å²) in [6.07, 6.45) is 5.92. The van der Waals surface area contributed by atoms with Gasteiger partial charge in [-0.05, 0) is 32.6 Å². The quantitative estimate of drug-likeness (QED) is 0.0310. The molecule has 0 aromatic rings. The molecule has 11 atom stereocenters. The number of unbranched alkanes of at least 4 members (excludes halogenated alkanes) is 15. The molecule has 3 aliphatic rings. The first kappa shape index (κ1) is 54.1. The molecule has 18 nitrogen and oxygen atoms in total. The van der Waals surface area contributed by atoms with E-state index in [1.54, 1.807) is 0 Å². The van der Waals surface area contributed by atoms with Gasteiger partial charge in [0.25, 0.3) is 5.91 Å². The Labute approximate surface area is 359 Å². The van der Waals surface area contributed by atoms with Gasteiger partial charge in [-0.3, -0.25) is 14.4 Å². The number of hydrogen-bond donors (Lipinski definition) is 9. The number of ketones is 1. The summed E-state index contributed by atoms with van der Waals surface area (Å²) < 4.78 is 21.4. The van der Waals surface area contributed by atoms with E-state index in [0.717, 1.165) is 56.3 Å². The molecule has 0 spiro atoms. The first-order chi connectivity index (χ1) is 29.1. The van der Waals surface area contributed by atoms with E-state index in [1.807, 2.05) is 6.92 Å². The fourth-order valence-corrected chi connectivity index (χ4v) is 7.43. The molecule has 3 heterocycles. The molecule has 6 unspecified atom stereocenters. The van der Waals surface area contributed by atoms with Gasteiger partial charge in [-0.1, -0.05) is 103 Å². The van der Waals surface area contributed by atoms with Crippen LogP contribution in [0.15, 0.2) is 23.5 Å². The Hall–Kier alpha value is -3.04. The lowest BCUT2D eigenvalue weighted by Crippen LogP contribution is -2.65. The van der Waals surface area contributed by atoms with E-state index >= 15 is 0 Å². The number of aliphatic hydroxyl groups excluding tert-OH is 7. The summed E-state index contributed by atoms with van der Waals surface area (Å²) in [5, 5.41) is 88.8. The van der Waals surface area contributed by atoms with Gasteiger partial charge in [-0.25, -0.2) is 4.79 Å². The van der Waals surface area contributed by atoms with Gasteiger partial charge in [-0.2, -0.15) is 0 Å². The third-order valence-electron chi connectivity index (χ3n) is 11.2. The van der Waals surface area contributed by atoms with E-state index in [-0.39, 0.29) is 24.4 Å². The zero-order chi connectivity index (χ0) is 45.5. The number of aliphatic carboxylic acids is 2. The zero-order valence-electron chi connectivity index (χ0n) is 36.1. The average Bonchev–Trinajstić information content (AvgIpc) is 3.43. The van der Waals surface area contributed by atoms with E-state index in [1.165, 1.54) is 52.0 Å². The summed E-state index contributed by atoms with van der Waals surface area (Å²) in [6, 6.07) is -0.938. The minimum atomic E-state index is -1.82. The van der Waals surface area contributed by atoms with Crippen LogP contribution in [-0.4, -0.2) is 162 Å². The van der Waals surface area contributed by atoms with Gasteiger partial charge in [0.2, 0.25) is 0 Å². The summed E-state index contributed by atoms with van der Waals surface area (Å²) in [7, 11) is 1.41. The number of aliphatic hydroxyl groups is 7. The van der Waals surface area contributed by atoms with Crippen LogP contribution in [0, 0.1) is 0 Å². The first-order valence-electron chi connectivity index (χ1n) is 22.0. The molecule has 61 heavy (non-hydrogen) atoms. The predicted octanol–water partition coefficient (Wildman–Crippen LogP) is 3.02. The second-order valence-electron chi connectivity index (χ2n) is 16.0. The number of Topliss-reactive ketones (excluding diaryl/α,β-unsaturated/α-hetero) is 1. The second kappa shape index (κ2) is 29.3. The molecular formula is C43H73NO17. The molecule has 0 bridgehead atoms. The molecular weight excluding hydrogens is 802 g/mol. The van der Waals surface area contributed by atoms with E-state index in [4.69, 9.17) is 24.1 Å². The highest BCUT2D eigenvalue weighted by molar-refractivity contribution is 6.21. The topological polar surface area (TPSA) is 291 Å². The standard InChI is InChI=1S/C24H42O12.C19H31NO5/c1-2-3-4-5-6-7-8-9-10-11-12-33-23-19(30)17(28)20(21(36-23)22(31)32)35-24-18(29)16(27)15(26)14(13-25)34-24;1-3-4-5-6-7-8-9-10-11-12-15(21)17-18(24)14(13-16(22)23)20(2)19(17)25/h2-3,14-21,23-30H,4-13H2,1H3,(H,31,32);14,24H,3-13H2,1-2H3,(H,22,23)/b3-2-;/t14?,15-,16?,17?,18?,19?,20-,21?,23-,24+;14-/m10/s1. The molecule has 9 N–H and O–H groups in total. The van der Waals surface area contributed by atoms with E-state index in [0.29, 0.717) is 12.8 Å². The minimum Gasteiger partial charge on any atom is -0.509 e. The van der Waals surface area contributed by atoms with Crippen molar-refractivity contribution in [2.24, 2.45) is 0 Å². The fourth-order valence-electron chi connectivity index (χ4n) is 7.43. The minimum absolute atomic E-state index is 0.195. The molecule has 0 aliphatic carbocycles. The Bertz CT molecular complexity index is 1370. The van der Waals surface area contributed by atoms with E-state index in [2.05, 4.69) is 19.1 Å². The smallest absolute Gasteiger partial charge is 0.335 e. The van der Waals surface area contributed by atoms with Gasteiger partial charge < -0.3 is 69.8 Å². The highest BCUT2D eigenvalue weighted by atomic mass is 16.7. The van der Waals surface area contributed by atoms with Crippen molar-refractivity contribution < 1.29 is 84.1 Å². The third-order valence-corrected chi connectivity index (χ3v) is 11.2. The Morgan fingerprint density at radius 1 is 0.738 bits per heavy atom. The van der Waals surface area contributed by atoms with Gasteiger partial charge in [0.1, 0.15) is 60.1 Å². The number of allylic oxidation sites excluding steroid dienone is 2.